The number of fused-ring (bicyclic) bond motifs is 2. The quantitative estimate of drug-likeness (QED) is 0.716. The summed E-state index contributed by atoms with van der Waals surface area (Å²) >= 11 is 0. The Bertz CT molecular complexity index is 1090. The molecule has 1 N–H and O–H groups in total. The molecule has 1 amide bonds. The molecule has 2 aliphatic rings. The monoisotopic (exact) mass is 401 g/mol. The second-order valence-corrected chi connectivity index (χ2v) is 7.87. The average molecular weight is 401 g/mol. The minimum absolute atomic E-state index is 0.0644. The third-order valence-electron chi connectivity index (χ3n) is 5.95. The Balaban J connectivity index is 1.28. The second-order valence-electron chi connectivity index (χ2n) is 7.87. The fourth-order valence-corrected chi connectivity index (χ4v) is 4.28. The van der Waals surface area contributed by atoms with Crippen molar-refractivity contribution in [2.24, 2.45) is 11.3 Å². The van der Waals surface area contributed by atoms with Crippen molar-refractivity contribution >= 4 is 16.8 Å². The molecule has 150 valence electrons. The molecule has 0 radical (unpaired) electrons. The number of alkyl halides is 3. The Kier molecular flexibility index (Phi) is 3.88. The van der Waals surface area contributed by atoms with Crippen LogP contribution < -0.4 is 4.74 Å². The van der Waals surface area contributed by atoms with Gasteiger partial charge in [0, 0.05) is 42.0 Å². The Morgan fingerprint density at radius 1 is 1.31 bits per heavy atom. The molecule has 1 aromatic carbocycles. The van der Waals surface area contributed by atoms with E-state index in [9.17, 15) is 18.0 Å². The highest BCUT2D eigenvalue weighted by Crippen LogP contribution is 2.58. The molecular weight excluding hydrogens is 383 g/mol. The van der Waals surface area contributed by atoms with Gasteiger partial charge < -0.3 is 14.6 Å². The van der Waals surface area contributed by atoms with Gasteiger partial charge in [0.15, 0.2) is 5.69 Å². The standard InChI is InChI=1S/C21H18F3N3O2/c22-21(23,24)18-17(2-1-6-26-18)29-12-20-9-15(20)10-27(11-20)19(28)14-4-3-13-5-7-25-16(13)8-14/h1-8,15,25H,9-12H2. The lowest BCUT2D eigenvalue weighted by Gasteiger charge is -2.22. The Labute approximate surface area is 164 Å². The van der Waals surface area contributed by atoms with Gasteiger partial charge in [-0.3, -0.25) is 4.79 Å². The number of carbonyl (C=O) groups excluding carboxylic acids is 1. The smallest absolute Gasteiger partial charge is 0.437 e. The van der Waals surface area contributed by atoms with Crippen LogP contribution in [0.1, 0.15) is 22.5 Å². The fraction of sp³-hybridized carbons (Fsp3) is 0.333. The van der Waals surface area contributed by atoms with Crippen LogP contribution in [0.2, 0.25) is 0 Å². The number of amides is 1. The van der Waals surface area contributed by atoms with Gasteiger partial charge in [-0.05, 0) is 48.1 Å². The Hall–Kier alpha value is -3.03. The van der Waals surface area contributed by atoms with E-state index >= 15 is 0 Å². The molecule has 5 nitrogen and oxygen atoms in total. The van der Waals surface area contributed by atoms with Gasteiger partial charge in [0.05, 0.1) is 6.61 Å². The summed E-state index contributed by atoms with van der Waals surface area (Å²) in [6, 6.07) is 10.2. The first-order valence-electron chi connectivity index (χ1n) is 9.37. The number of likely N-dealkylation sites (tertiary alicyclic amines) is 1. The van der Waals surface area contributed by atoms with Crippen molar-refractivity contribution in [3.8, 4) is 5.75 Å². The van der Waals surface area contributed by atoms with Crippen LogP contribution in [0.5, 0.6) is 5.75 Å². The van der Waals surface area contributed by atoms with Crippen molar-refractivity contribution in [1.29, 1.82) is 0 Å². The molecule has 29 heavy (non-hydrogen) atoms. The number of carbonyl (C=O) groups is 1. The number of rotatable bonds is 4. The minimum Gasteiger partial charge on any atom is -0.491 e. The largest absolute Gasteiger partial charge is 0.491 e. The van der Waals surface area contributed by atoms with E-state index in [0.29, 0.717) is 18.7 Å². The summed E-state index contributed by atoms with van der Waals surface area (Å²) in [4.78, 5) is 21.2. The number of ether oxygens (including phenoxy) is 1. The maximum atomic E-state index is 13.1. The van der Waals surface area contributed by atoms with E-state index in [0.717, 1.165) is 23.5 Å². The molecule has 3 aromatic rings. The van der Waals surface area contributed by atoms with Crippen LogP contribution in [0.15, 0.2) is 48.8 Å². The van der Waals surface area contributed by atoms with Crippen LogP contribution in [-0.4, -0.2) is 40.5 Å². The lowest BCUT2D eigenvalue weighted by Crippen LogP contribution is -2.33. The fourth-order valence-electron chi connectivity index (χ4n) is 4.28. The van der Waals surface area contributed by atoms with E-state index in [-0.39, 0.29) is 29.6 Å². The first kappa shape index (κ1) is 18.0. The number of halogens is 3. The maximum Gasteiger partial charge on any atom is 0.437 e. The molecule has 2 fully saturated rings. The third kappa shape index (κ3) is 3.12. The van der Waals surface area contributed by atoms with Gasteiger partial charge in [-0.1, -0.05) is 6.07 Å². The molecule has 0 bridgehead atoms. The van der Waals surface area contributed by atoms with Crippen LogP contribution in [0, 0.1) is 11.3 Å². The zero-order valence-electron chi connectivity index (χ0n) is 15.4. The van der Waals surface area contributed by atoms with E-state index in [1.165, 1.54) is 12.1 Å². The van der Waals surface area contributed by atoms with E-state index in [4.69, 9.17) is 4.74 Å². The lowest BCUT2D eigenvalue weighted by atomic mass is 10.1. The summed E-state index contributed by atoms with van der Waals surface area (Å²) in [6.07, 6.45) is -0.784. The molecule has 2 aromatic heterocycles. The van der Waals surface area contributed by atoms with Crippen molar-refractivity contribution in [3.05, 3.63) is 60.0 Å². The number of aromatic amines is 1. The van der Waals surface area contributed by atoms with Gasteiger partial charge >= 0.3 is 6.18 Å². The summed E-state index contributed by atoms with van der Waals surface area (Å²) in [5.41, 5.74) is 0.211. The highest BCUT2D eigenvalue weighted by molar-refractivity contribution is 5.98. The van der Waals surface area contributed by atoms with E-state index in [1.54, 1.807) is 11.0 Å². The van der Waals surface area contributed by atoms with Crippen molar-refractivity contribution in [2.45, 2.75) is 12.6 Å². The molecule has 5 rings (SSSR count). The number of pyridine rings is 1. The van der Waals surface area contributed by atoms with Gasteiger partial charge in [-0.25, -0.2) is 4.98 Å². The summed E-state index contributed by atoms with van der Waals surface area (Å²) in [5.74, 6) is -0.0703. The third-order valence-corrected chi connectivity index (χ3v) is 5.95. The number of aromatic nitrogens is 2. The van der Waals surface area contributed by atoms with Crippen molar-refractivity contribution in [3.63, 3.8) is 0 Å². The normalized spacial score (nSPS) is 23.3. The van der Waals surface area contributed by atoms with Crippen LogP contribution in [0.25, 0.3) is 10.9 Å². The van der Waals surface area contributed by atoms with Crippen LogP contribution in [0.3, 0.4) is 0 Å². The van der Waals surface area contributed by atoms with Crippen LogP contribution in [-0.2, 0) is 6.18 Å². The Morgan fingerprint density at radius 3 is 3.00 bits per heavy atom. The summed E-state index contributed by atoms with van der Waals surface area (Å²) in [7, 11) is 0. The summed E-state index contributed by atoms with van der Waals surface area (Å²) in [5, 5.41) is 1.03. The molecule has 2 unspecified atom stereocenters. The van der Waals surface area contributed by atoms with Gasteiger partial charge in [0.25, 0.3) is 5.91 Å². The molecule has 8 heteroatoms. The topological polar surface area (TPSA) is 58.2 Å². The molecule has 1 saturated carbocycles. The van der Waals surface area contributed by atoms with Gasteiger partial charge in [0.1, 0.15) is 5.75 Å². The molecule has 3 heterocycles. The van der Waals surface area contributed by atoms with Crippen LogP contribution in [0.4, 0.5) is 13.2 Å². The SMILES string of the molecule is O=C(c1ccc2cc[nH]c2c1)N1CC2CC2(COc2cccnc2C(F)(F)F)C1. The first-order chi connectivity index (χ1) is 13.9. The average Bonchev–Trinajstić information content (AvgIpc) is 3.05. The van der Waals surface area contributed by atoms with Gasteiger partial charge in [0.2, 0.25) is 0 Å². The maximum absolute atomic E-state index is 13.1. The minimum atomic E-state index is -4.56. The summed E-state index contributed by atoms with van der Waals surface area (Å²) < 4.78 is 44.8. The Morgan fingerprint density at radius 2 is 2.17 bits per heavy atom. The van der Waals surface area contributed by atoms with Gasteiger partial charge in [-0.15, -0.1) is 0 Å². The molecule has 1 aliphatic heterocycles. The van der Waals surface area contributed by atoms with Crippen LogP contribution >= 0.6 is 0 Å². The second kappa shape index (κ2) is 6.23. The number of hydrogen-bond acceptors (Lipinski definition) is 3. The molecule has 1 saturated heterocycles. The molecule has 2 atom stereocenters. The first-order valence-corrected chi connectivity index (χ1v) is 9.37. The number of hydrogen-bond donors (Lipinski definition) is 1. The summed E-state index contributed by atoms with van der Waals surface area (Å²) in [6.45, 7) is 1.23. The highest BCUT2D eigenvalue weighted by Gasteiger charge is 2.61. The van der Waals surface area contributed by atoms with Gasteiger partial charge in [-0.2, -0.15) is 13.2 Å². The molecule has 0 spiro atoms. The van der Waals surface area contributed by atoms with Crippen molar-refractivity contribution in [1.82, 2.24) is 14.9 Å². The predicted octanol–water partition coefficient (Wildman–Crippen LogP) is 4.12. The van der Waals surface area contributed by atoms with Crippen molar-refractivity contribution in [2.75, 3.05) is 19.7 Å². The predicted molar refractivity (Wildman–Crippen MR) is 99.5 cm³/mol. The zero-order valence-corrected chi connectivity index (χ0v) is 15.4. The highest BCUT2D eigenvalue weighted by atomic mass is 19.4. The van der Waals surface area contributed by atoms with E-state index < -0.39 is 11.9 Å². The zero-order chi connectivity index (χ0) is 20.2. The number of H-pyrrole nitrogens is 1. The number of benzene rings is 1. The number of nitrogens with zero attached hydrogens (tertiary/aromatic N) is 2. The lowest BCUT2D eigenvalue weighted by molar-refractivity contribution is -0.142. The van der Waals surface area contributed by atoms with E-state index in [2.05, 4.69) is 9.97 Å². The molecule has 1 aliphatic carbocycles. The molecular formula is C21H18F3N3O2. The van der Waals surface area contributed by atoms with Crippen molar-refractivity contribution < 1.29 is 22.7 Å². The number of piperidine rings is 1. The van der Waals surface area contributed by atoms with E-state index in [1.807, 2.05) is 24.4 Å². The number of nitrogens with one attached hydrogen (secondary N) is 1.